The summed E-state index contributed by atoms with van der Waals surface area (Å²) in [4.78, 5) is 17.7. The molecule has 1 saturated heterocycles. The van der Waals surface area contributed by atoms with E-state index >= 15 is 0 Å². The molecule has 1 aliphatic rings. The number of halogens is 1. The zero-order valence-electron chi connectivity index (χ0n) is 10.5. The maximum absolute atomic E-state index is 11.3. The molecule has 18 heavy (non-hydrogen) atoms. The summed E-state index contributed by atoms with van der Waals surface area (Å²) >= 11 is 7.35. The van der Waals surface area contributed by atoms with Crippen LogP contribution < -0.4 is 4.90 Å². The lowest BCUT2D eigenvalue weighted by Crippen LogP contribution is -2.44. The third-order valence-electron chi connectivity index (χ3n) is 3.73. The van der Waals surface area contributed by atoms with Gasteiger partial charge in [-0.3, -0.25) is 4.79 Å². The lowest BCUT2D eigenvalue weighted by molar-refractivity contribution is -0.150. The van der Waals surface area contributed by atoms with Gasteiger partial charge in [-0.15, -0.1) is 11.3 Å². The molecule has 1 atom stereocenters. The van der Waals surface area contributed by atoms with Crippen molar-refractivity contribution in [3.05, 3.63) is 10.5 Å². The zero-order valence-corrected chi connectivity index (χ0v) is 12.1. The van der Waals surface area contributed by atoms with Crippen LogP contribution in [-0.4, -0.2) is 29.1 Å². The number of carbonyl (C=O) groups is 1. The number of carboxylic acid groups (broad SMARTS) is 1. The summed E-state index contributed by atoms with van der Waals surface area (Å²) in [6.45, 7) is 5.27. The summed E-state index contributed by atoms with van der Waals surface area (Å²) in [5.74, 6) is -0.585. The van der Waals surface area contributed by atoms with E-state index in [1.807, 2.05) is 5.38 Å². The van der Waals surface area contributed by atoms with E-state index in [1.54, 1.807) is 13.8 Å². The molecule has 1 aliphatic heterocycles. The molecular weight excluding hydrogens is 272 g/mol. The van der Waals surface area contributed by atoms with Gasteiger partial charge in [-0.2, -0.15) is 0 Å². The normalized spacial score (nSPS) is 21.1. The highest BCUT2D eigenvalue weighted by atomic mass is 35.5. The summed E-state index contributed by atoms with van der Waals surface area (Å²) in [5, 5.41) is 12.5. The van der Waals surface area contributed by atoms with Crippen molar-refractivity contribution in [2.75, 3.05) is 18.0 Å². The molecule has 0 aliphatic carbocycles. The van der Waals surface area contributed by atoms with Gasteiger partial charge >= 0.3 is 5.97 Å². The molecule has 1 aromatic heterocycles. The highest BCUT2D eigenvalue weighted by molar-refractivity contribution is 7.14. The molecule has 0 aromatic carbocycles. The standard InChI is InChI=1S/C12H17ClN2O2S/c1-12(2,10(16)17)8-4-3-5-15(6-8)11-14-9(13)7-18-11/h7-8H,3-6H2,1-2H3,(H,16,17). The van der Waals surface area contributed by atoms with Crippen LogP contribution in [0.25, 0.3) is 0 Å². The smallest absolute Gasteiger partial charge is 0.309 e. The highest BCUT2D eigenvalue weighted by Gasteiger charge is 2.39. The van der Waals surface area contributed by atoms with Gasteiger partial charge in [0, 0.05) is 18.5 Å². The van der Waals surface area contributed by atoms with Gasteiger partial charge in [0.2, 0.25) is 0 Å². The number of thiazole rings is 1. The van der Waals surface area contributed by atoms with Gasteiger partial charge in [0.1, 0.15) is 5.15 Å². The number of anilines is 1. The molecule has 0 amide bonds. The SMILES string of the molecule is CC(C)(C(=O)O)C1CCCN(c2nc(Cl)cs2)C1. The molecule has 0 radical (unpaired) electrons. The predicted octanol–water partition coefficient (Wildman–Crippen LogP) is 3.12. The molecule has 2 heterocycles. The zero-order chi connectivity index (χ0) is 13.3. The van der Waals surface area contributed by atoms with Crippen LogP contribution in [0, 0.1) is 11.3 Å². The summed E-state index contributed by atoms with van der Waals surface area (Å²) in [5.41, 5.74) is -0.695. The Balaban J connectivity index is 2.12. The number of aliphatic carboxylic acids is 1. The second kappa shape index (κ2) is 5.05. The number of carboxylic acids is 1. The van der Waals surface area contributed by atoms with Crippen LogP contribution in [0.4, 0.5) is 5.13 Å². The summed E-state index contributed by atoms with van der Waals surface area (Å²) in [7, 11) is 0. The quantitative estimate of drug-likeness (QED) is 0.928. The van der Waals surface area contributed by atoms with Gasteiger partial charge in [0.25, 0.3) is 0 Å². The molecule has 0 bridgehead atoms. The van der Waals surface area contributed by atoms with Gasteiger partial charge in [-0.1, -0.05) is 11.6 Å². The van der Waals surface area contributed by atoms with Crippen molar-refractivity contribution < 1.29 is 9.90 Å². The maximum Gasteiger partial charge on any atom is 0.309 e. The maximum atomic E-state index is 11.3. The minimum Gasteiger partial charge on any atom is -0.481 e. The van der Waals surface area contributed by atoms with E-state index < -0.39 is 11.4 Å². The van der Waals surface area contributed by atoms with Gasteiger partial charge in [-0.05, 0) is 32.6 Å². The molecule has 2 rings (SSSR count). The molecule has 1 N–H and O–H groups in total. The molecule has 0 spiro atoms. The van der Waals surface area contributed by atoms with Crippen molar-refractivity contribution in [2.24, 2.45) is 11.3 Å². The first-order valence-corrected chi connectivity index (χ1v) is 7.26. The van der Waals surface area contributed by atoms with E-state index in [9.17, 15) is 9.90 Å². The fourth-order valence-corrected chi connectivity index (χ4v) is 3.29. The second-order valence-corrected chi connectivity index (χ2v) is 6.49. The number of aromatic nitrogens is 1. The summed E-state index contributed by atoms with van der Waals surface area (Å²) in [6, 6.07) is 0. The number of piperidine rings is 1. The third-order valence-corrected chi connectivity index (χ3v) is 4.95. The number of hydrogen-bond donors (Lipinski definition) is 1. The molecule has 4 nitrogen and oxygen atoms in total. The van der Waals surface area contributed by atoms with Gasteiger partial charge < -0.3 is 10.0 Å². The Labute approximate surface area is 116 Å². The van der Waals surface area contributed by atoms with Crippen molar-refractivity contribution in [2.45, 2.75) is 26.7 Å². The Morgan fingerprint density at radius 2 is 2.39 bits per heavy atom. The first-order chi connectivity index (χ1) is 8.41. The van der Waals surface area contributed by atoms with Crippen LogP contribution in [0.1, 0.15) is 26.7 Å². The Morgan fingerprint density at radius 1 is 1.67 bits per heavy atom. The summed E-state index contributed by atoms with van der Waals surface area (Å²) in [6.07, 6.45) is 1.95. The molecule has 0 saturated carbocycles. The van der Waals surface area contributed by atoms with Gasteiger partial charge in [0.05, 0.1) is 5.41 Å². The van der Waals surface area contributed by atoms with Crippen LogP contribution in [-0.2, 0) is 4.79 Å². The Bertz CT molecular complexity index is 447. The Hall–Kier alpha value is -0.810. The first kappa shape index (κ1) is 13.6. The fraction of sp³-hybridized carbons (Fsp3) is 0.667. The van der Waals surface area contributed by atoms with Crippen LogP contribution in [0.15, 0.2) is 5.38 Å². The monoisotopic (exact) mass is 288 g/mol. The van der Waals surface area contributed by atoms with Crippen LogP contribution in [0.5, 0.6) is 0 Å². The van der Waals surface area contributed by atoms with Gasteiger partial charge in [0.15, 0.2) is 5.13 Å². The molecular formula is C12H17ClN2O2S. The van der Waals surface area contributed by atoms with Gasteiger partial charge in [-0.25, -0.2) is 4.98 Å². The molecule has 1 fully saturated rings. The molecule has 1 unspecified atom stereocenters. The van der Waals surface area contributed by atoms with Crippen molar-refractivity contribution in [1.29, 1.82) is 0 Å². The van der Waals surface area contributed by atoms with E-state index in [0.29, 0.717) is 5.15 Å². The predicted molar refractivity (Wildman–Crippen MR) is 73.5 cm³/mol. The van der Waals surface area contributed by atoms with Crippen molar-refractivity contribution in [3.8, 4) is 0 Å². The van der Waals surface area contributed by atoms with Crippen LogP contribution >= 0.6 is 22.9 Å². The first-order valence-electron chi connectivity index (χ1n) is 6.00. The fourth-order valence-electron chi connectivity index (χ4n) is 2.31. The van der Waals surface area contributed by atoms with Crippen molar-refractivity contribution in [3.63, 3.8) is 0 Å². The van der Waals surface area contributed by atoms with E-state index in [4.69, 9.17) is 11.6 Å². The topological polar surface area (TPSA) is 53.4 Å². The second-order valence-electron chi connectivity index (χ2n) is 5.26. The van der Waals surface area contributed by atoms with E-state index in [2.05, 4.69) is 9.88 Å². The average molecular weight is 289 g/mol. The van der Waals surface area contributed by atoms with Crippen LogP contribution in [0.2, 0.25) is 5.15 Å². The number of hydrogen-bond acceptors (Lipinski definition) is 4. The van der Waals surface area contributed by atoms with Crippen molar-refractivity contribution in [1.82, 2.24) is 4.98 Å². The number of rotatable bonds is 3. The lowest BCUT2D eigenvalue weighted by atomic mass is 9.75. The lowest BCUT2D eigenvalue weighted by Gasteiger charge is -2.39. The molecule has 1 aromatic rings. The van der Waals surface area contributed by atoms with E-state index in [-0.39, 0.29) is 5.92 Å². The number of nitrogens with zero attached hydrogens (tertiary/aromatic N) is 2. The minimum atomic E-state index is -0.730. The highest BCUT2D eigenvalue weighted by Crippen LogP contribution is 2.36. The average Bonchev–Trinajstić information content (AvgIpc) is 2.76. The summed E-state index contributed by atoms with van der Waals surface area (Å²) < 4.78 is 0. The third kappa shape index (κ3) is 2.62. The Morgan fingerprint density at radius 3 is 2.94 bits per heavy atom. The minimum absolute atomic E-state index is 0.145. The largest absolute Gasteiger partial charge is 0.481 e. The Kier molecular flexibility index (Phi) is 3.82. The van der Waals surface area contributed by atoms with Crippen LogP contribution in [0.3, 0.4) is 0 Å². The molecule has 6 heteroatoms. The van der Waals surface area contributed by atoms with E-state index in [1.165, 1.54) is 11.3 Å². The molecule has 100 valence electrons. The van der Waals surface area contributed by atoms with Crippen molar-refractivity contribution >= 4 is 34.0 Å². The van der Waals surface area contributed by atoms with E-state index in [0.717, 1.165) is 31.1 Å².